The number of fused-ring (bicyclic) bond motifs is 1. The van der Waals surface area contributed by atoms with Gasteiger partial charge in [-0.15, -0.1) is 22.7 Å². The zero-order chi connectivity index (χ0) is 18.1. The summed E-state index contributed by atoms with van der Waals surface area (Å²) in [6.07, 6.45) is 1.61. The molecule has 1 aromatic carbocycles. The van der Waals surface area contributed by atoms with Gasteiger partial charge in [-0.2, -0.15) is 0 Å². The van der Waals surface area contributed by atoms with Crippen LogP contribution < -0.4 is 5.56 Å². The zero-order valence-electron chi connectivity index (χ0n) is 14.2. The quantitative estimate of drug-likeness (QED) is 0.466. The van der Waals surface area contributed by atoms with Gasteiger partial charge in [0.1, 0.15) is 16.5 Å². The van der Waals surface area contributed by atoms with Gasteiger partial charge in [0, 0.05) is 22.2 Å². The molecule has 0 fully saturated rings. The first-order chi connectivity index (χ1) is 12.7. The van der Waals surface area contributed by atoms with Gasteiger partial charge in [0.05, 0.1) is 11.9 Å². The molecule has 0 aliphatic carbocycles. The predicted octanol–water partition coefficient (Wildman–Crippen LogP) is 5.33. The monoisotopic (exact) mass is 384 g/mol. The van der Waals surface area contributed by atoms with E-state index in [4.69, 9.17) is 4.98 Å². The van der Waals surface area contributed by atoms with E-state index in [2.05, 4.69) is 6.92 Å². The normalized spacial score (nSPS) is 11.3. The zero-order valence-corrected chi connectivity index (χ0v) is 15.9. The molecule has 0 N–H and O–H groups in total. The Morgan fingerprint density at radius 3 is 2.81 bits per heavy atom. The summed E-state index contributed by atoms with van der Waals surface area (Å²) in [4.78, 5) is 19.9. The van der Waals surface area contributed by atoms with Crippen LogP contribution in [0.5, 0.6) is 0 Å². The maximum absolute atomic E-state index is 13.6. The number of nitrogens with zero attached hydrogens (tertiary/aromatic N) is 2. The maximum atomic E-state index is 13.6. The van der Waals surface area contributed by atoms with E-state index < -0.39 is 0 Å². The summed E-state index contributed by atoms with van der Waals surface area (Å²) in [7, 11) is 0. The van der Waals surface area contributed by atoms with Crippen molar-refractivity contribution in [1.82, 2.24) is 9.55 Å². The summed E-state index contributed by atoms with van der Waals surface area (Å²) in [5.41, 5.74) is 1.65. The van der Waals surface area contributed by atoms with Crippen LogP contribution in [0.4, 0.5) is 4.39 Å². The Labute approximate surface area is 158 Å². The molecule has 3 aromatic heterocycles. The molecule has 0 radical (unpaired) electrons. The molecule has 0 aliphatic heterocycles. The number of aromatic nitrogens is 2. The SMILES string of the molecule is CCCc1nc2scc(-c3cccs3)c2c(=O)n1Cc1cccc(F)c1. The predicted molar refractivity (Wildman–Crippen MR) is 107 cm³/mol. The smallest absolute Gasteiger partial charge is 0.263 e. The lowest BCUT2D eigenvalue weighted by Gasteiger charge is -2.12. The van der Waals surface area contributed by atoms with E-state index in [1.807, 2.05) is 29.0 Å². The minimum atomic E-state index is -0.295. The van der Waals surface area contributed by atoms with Crippen molar-refractivity contribution in [2.24, 2.45) is 0 Å². The summed E-state index contributed by atoms with van der Waals surface area (Å²) in [6.45, 7) is 2.39. The molecular formula is C20H17FN2OS2. The largest absolute Gasteiger partial charge is 0.292 e. The molecule has 132 valence electrons. The van der Waals surface area contributed by atoms with Crippen molar-refractivity contribution in [3.05, 3.63) is 74.7 Å². The van der Waals surface area contributed by atoms with Crippen molar-refractivity contribution >= 4 is 32.9 Å². The van der Waals surface area contributed by atoms with Gasteiger partial charge in [0.2, 0.25) is 0 Å². The van der Waals surface area contributed by atoms with Crippen molar-refractivity contribution in [3.63, 3.8) is 0 Å². The molecule has 0 spiro atoms. The minimum Gasteiger partial charge on any atom is -0.292 e. The Balaban J connectivity index is 1.91. The van der Waals surface area contributed by atoms with Gasteiger partial charge < -0.3 is 0 Å². The van der Waals surface area contributed by atoms with Crippen LogP contribution in [0.25, 0.3) is 20.7 Å². The average Bonchev–Trinajstić information content (AvgIpc) is 3.28. The molecule has 0 amide bonds. The second kappa shape index (κ2) is 7.13. The number of hydrogen-bond donors (Lipinski definition) is 0. The van der Waals surface area contributed by atoms with E-state index in [0.717, 1.165) is 33.1 Å². The van der Waals surface area contributed by atoms with Gasteiger partial charge in [-0.05, 0) is 35.6 Å². The summed E-state index contributed by atoms with van der Waals surface area (Å²) >= 11 is 3.12. The lowest BCUT2D eigenvalue weighted by Crippen LogP contribution is -2.25. The Bertz CT molecular complexity index is 1110. The van der Waals surface area contributed by atoms with Gasteiger partial charge in [-0.3, -0.25) is 9.36 Å². The summed E-state index contributed by atoms with van der Waals surface area (Å²) < 4.78 is 15.3. The van der Waals surface area contributed by atoms with Crippen molar-refractivity contribution < 1.29 is 4.39 Å². The maximum Gasteiger partial charge on any atom is 0.263 e. The second-order valence-corrected chi connectivity index (χ2v) is 7.91. The van der Waals surface area contributed by atoms with E-state index in [0.29, 0.717) is 18.4 Å². The molecular weight excluding hydrogens is 367 g/mol. The average molecular weight is 385 g/mol. The van der Waals surface area contributed by atoms with Crippen LogP contribution in [0.15, 0.2) is 52.0 Å². The summed E-state index contributed by atoms with van der Waals surface area (Å²) in [5, 5.41) is 4.67. The Morgan fingerprint density at radius 1 is 1.19 bits per heavy atom. The molecule has 3 nitrogen and oxygen atoms in total. The molecule has 0 saturated heterocycles. The second-order valence-electron chi connectivity index (χ2n) is 6.11. The van der Waals surface area contributed by atoms with Crippen molar-refractivity contribution in [1.29, 1.82) is 0 Å². The first-order valence-electron chi connectivity index (χ1n) is 8.46. The minimum absolute atomic E-state index is 0.0487. The van der Waals surface area contributed by atoms with E-state index in [1.165, 1.54) is 23.5 Å². The molecule has 6 heteroatoms. The van der Waals surface area contributed by atoms with E-state index in [-0.39, 0.29) is 11.4 Å². The van der Waals surface area contributed by atoms with Crippen molar-refractivity contribution in [2.75, 3.05) is 0 Å². The topological polar surface area (TPSA) is 34.9 Å². The van der Waals surface area contributed by atoms with Crippen LogP contribution >= 0.6 is 22.7 Å². The third kappa shape index (κ3) is 3.10. The molecule has 0 unspecified atom stereocenters. The third-order valence-electron chi connectivity index (χ3n) is 4.26. The van der Waals surface area contributed by atoms with Gasteiger partial charge in [0.25, 0.3) is 5.56 Å². The van der Waals surface area contributed by atoms with E-state index in [9.17, 15) is 9.18 Å². The Hall–Kier alpha value is -2.31. The number of thiophene rings is 2. The fraction of sp³-hybridized carbons (Fsp3) is 0.200. The molecule has 4 rings (SSSR count). The lowest BCUT2D eigenvalue weighted by atomic mass is 10.1. The molecule has 0 saturated carbocycles. The summed E-state index contributed by atoms with van der Waals surface area (Å²) in [5.74, 6) is 0.463. The van der Waals surface area contributed by atoms with Crippen LogP contribution in [0.3, 0.4) is 0 Å². The molecule has 0 atom stereocenters. The highest BCUT2D eigenvalue weighted by atomic mass is 32.1. The van der Waals surface area contributed by atoms with E-state index in [1.54, 1.807) is 22.0 Å². The summed E-state index contributed by atoms with van der Waals surface area (Å²) in [6, 6.07) is 10.4. The first-order valence-corrected chi connectivity index (χ1v) is 10.2. The number of benzene rings is 1. The molecule has 0 aliphatic rings. The van der Waals surface area contributed by atoms with Gasteiger partial charge >= 0.3 is 0 Å². The highest BCUT2D eigenvalue weighted by molar-refractivity contribution is 7.18. The molecule has 26 heavy (non-hydrogen) atoms. The Morgan fingerprint density at radius 2 is 2.08 bits per heavy atom. The highest BCUT2D eigenvalue weighted by Gasteiger charge is 2.17. The van der Waals surface area contributed by atoms with Crippen LogP contribution in [-0.4, -0.2) is 9.55 Å². The molecule has 0 bridgehead atoms. The molecule has 3 heterocycles. The Kier molecular flexibility index (Phi) is 4.70. The third-order valence-corrected chi connectivity index (χ3v) is 6.04. The number of aryl methyl sites for hydroxylation is 1. The van der Waals surface area contributed by atoms with Crippen LogP contribution in [0, 0.1) is 5.82 Å². The number of halogens is 1. The number of rotatable bonds is 5. The van der Waals surface area contributed by atoms with Crippen LogP contribution in [0.1, 0.15) is 24.7 Å². The lowest BCUT2D eigenvalue weighted by molar-refractivity contribution is 0.618. The fourth-order valence-electron chi connectivity index (χ4n) is 3.07. The van der Waals surface area contributed by atoms with Crippen LogP contribution in [0.2, 0.25) is 0 Å². The molecule has 4 aromatic rings. The standard InChI is InChI=1S/C20H17FN2OS2/c1-2-5-17-22-19-18(15(12-26-19)16-8-4-9-25-16)20(24)23(17)11-13-6-3-7-14(21)10-13/h3-4,6-10,12H,2,5,11H2,1H3. The van der Waals surface area contributed by atoms with Gasteiger partial charge in [0.15, 0.2) is 0 Å². The number of hydrogen-bond acceptors (Lipinski definition) is 4. The van der Waals surface area contributed by atoms with Gasteiger partial charge in [-0.1, -0.05) is 25.1 Å². The van der Waals surface area contributed by atoms with Crippen molar-refractivity contribution in [3.8, 4) is 10.4 Å². The highest BCUT2D eigenvalue weighted by Crippen LogP contribution is 2.33. The van der Waals surface area contributed by atoms with Gasteiger partial charge in [-0.25, -0.2) is 9.37 Å². The first kappa shape index (κ1) is 17.1. The van der Waals surface area contributed by atoms with Crippen molar-refractivity contribution in [2.45, 2.75) is 26.3 Å². The van der Waals surface area contributed by atoms with Crippen LogP contribution in [-0.2, 0) is 13.0 Å². The van der Waals surface area contributed by atoms with E-state index >= 15 is 0 Å². The fourth-order valence-corrected chi connectivity index (χ4v) is 4.85.